The molecule has 2 aromatic rings. The van der Waals surface area contributed by atoms with Crippen molar-refractivity contribution in [3.05, 3.63) is 59.2 Å². The molecule has 7 nitrogen and oxygen atoms in total. The summed E-state index contributed by atoms with van der Waals surface area (Å²) in [5, 5.41) is 0. The van der Waals surface area contributed by atoms with Crippen LogP contribution in [0.15, 0.2) is 42.5 Å². The topological polar surface area (TPSA) is 62.3 Å². The van der Waals surface area contributed by atoms with Crippen LogP contribution in [-0.4, -0.2) is 74.7 Å². The van der Waals surface area contributed by atoms with Crippen LogP contribution in [0.5, 0.6) is 5.75 Å². The van der Waals surface area contributed by atoms with Crippen molar-refractivity contribution in [3.8, 4) is 5.75 Å². The van der Waals surface area contributed by atoms with E-state index < -0.39 is 0 Å². The minimum atomic E-state index is -0.0677. The number of rotatable bonds is 6. The van der Waals surface area contributed by atoms with Gasteiger partial charge in [-0.15, -0.1) is 0 Å². The second-order valence-corrected chi connectivity index (χ2v) is 9.39. The van der Waals surface area contributed by atoms with E-state index in [9.17, 15) is 9.59 Å². The van der Waals surface area contributed by atoms with Gasteiger partial charge in [-0.3, -0.25) is 14.5 Å². The van der Waals surface area contributed by atoms with Gasteiger partial charge in [0.1, 0.15) is 12.4 Å². The molecule has 0 fully saturated rings. The van der Waals surface area contributed by atoms with Crippen molar-refractivity contribution in [1.82, 2.24) is 9.80 Å². The van der Waals surface area contributed by atoms with Gasteiger partial charge in [0.15, 0.2) is 0 Å². The molecule has 0 bridgehead atoms. The van der Waals surface area contributed by atoms with Gasteiger partial charge in [0.25, 0.3) is 5.91 Å². The zero-order chi connectivity index (χ0) is 25.4. The number of anilines is 1. The van der Waals surface area contributed by atoms with Crippen molar-refractivity contribution in [2.24, 2.45) is 0 Å². The van der Waals surface area contributed by atoms with Crippen LogP contribution in [0.4, 0.5) is 5.69 Å². The van der Waals surface area contributed by atoms with Crippen LogP contribution in [0.25, 0.3) is 0 Å². The molecule has 0 saturated carbocycles. The van der Waals surface area contributed by atoms with E-state index in [-0.39, 0.29) is 18.4 Å². The molecular weight excluding hydrogens is 442 g/mol. The van der Waals surface area contributed by atoms with Crippen molar-refractivity contribution in [2.75, 3.05) is 51.9 Å². The minimum Gasteiger partial charge on any atom is -0.496 e. The zero-order valence-electron chi connectivity index (χ0n) is 21.8. The fourth-order valence-corrected chi connectivity index (χ4v) is 4.63. The SMILES string of the molecule is COCC(=O)N1CCCN(C(C)C)CCN(C(=O)Cc2ccc(OC)c(C)c2)Cc2ccccc21. The van der Waals surface area contributed by atoms with E-state index in [1.54, 1.807) is 7.11 Å². The quantitative estimate of drug-likeness (QED) is 0.630. The summed E-state index contributed by atoms with van der Waals surface area (Å²) in [5.41, 5.74) is 3.80. The summed E-state index contributed by atoms with van der Waals surface area (Å²) in [7, 11) is 3.19. The second-order valence-electron chi connectivity index (χ2n) is 9.39. The molecule has 0 atom stereocenters. The molecule has 0 radical (unpaired) electrons. The summed E-state index contributed by atoms with van der Waals surface area (Å²) in [4.78, 5) is 32.7. The van der Waals surface area contributed by atoms with Gasteiger partial charge in [-0.05, 0) is 56.0 Å². The molecule has 1 aliphatic rings. The number of aryl methyl sites for hydroxylation is 1. The van der Waals surface area contributed by atoms with Gasteiger partial charge in [0.2, 0.25) is 5.91 Å². The van der Waals surface area contributed by atoms with Gasteiger partial charge in [0, 0.05) is 51.6 Å². The average molecular weight is 482 g/mol. The summed E-state index contributed by atoms with van der Waals surface area (Å²) in [6.07, 6.45) is 1.17. The smallest absolute Gasteiger partial charge is 0.252 e. The Kier molecular flexibility index (Phi) is 9.69. The van der Waals surface area contributed by atoms with E-state index in [1.807, 2.05) is 59.2 Å². The Morgan fingerprint density at radius 1 is 0.971 bits per heavy atom. The lowest BCUT2D eigenvalue weighted by molar-refractivity contribution is -0.131. The van der Waals surface area contributed by atoms with E-state index in [0.29, 0.717) is 32.1 Å². The third-order valence-electron chi connectivity index (χ3n) is 6.59. The number of fused-ring (bicyclic) bond motifs is 1. The average Bonchev–Trinajstić information content (AvgIpc) is 2.86. The Hall–Kier alpha value is -2.90. The molecule has 0 N–H and O–H groups in total. The highest BCUT2D eigenvalue weighted by Gasteiger charge is 2.24. The lowest BCUT2D eigenvalue weighted by Crippen LogP contribution is -2.42. The number of amides is 2. The third kappa shape index (κ3) is 7.05. The first-order chi connectivity index (χ1) is 16.8. The first-order valence-electron chi connectivity index (χ1n) is 12.4. The van der Waals surface area contributed by atoms with Crippen molar-refractivity contribution in [3.63, 3.8) is 0 Å². The highest BCUT2D eigenvalue weighted by atomic mass is 16.5. The zero-order valence-corrected chi connectivity index (χ0v) is 21.8. The number of benzene rings is 2. The predicted molar refractivity (Wildman–Crippen MR) is 139 cm³/mol. The van der Waals surface area contributed by atoms with E-state index in [0.717, 1.165) is 47.6 Å². The summed E-state index contributed by atoms with van der Waals surface area (Å²) in [6.45, 7) is 9.71. The number of methoxy groups -OCH3 is 2. The maximum Gasteiger partial charge on any atom is 0.252 e. The molecular formula is C28H39N3O4. The third-order valence-corrected chi connectivity index (χ3v) is 6.59. The van der Waals surface area contributed by atoms with Gasteiger partial charge in [-0.1, -0.05) is 30.3 Å². The molecule has 35 heavy (non-hydrogen) atoms. The first-order valence-corrected chi connectivity index (χ1v) is 12.4. The molecule has 0 unspecified atom stereocenters. The van der Waals surface area contributed by atoms with E-state index in [4.69, 9.17) is 9.47 Å². The van der Waals surface area contributed by atoms with Gasteiger partial charge in [0.05, 0.1) is 13.5 Å². The first kappa shape index (κ1) is 26.7. The highest BCUT2D eigenvalue weighted by molar-refractivity contribution is 5.95. The number of nitrogens with zero attached hydrogens (tertiary/aromatic N) is 3. The van der Waals surface area contributed by atoms with Gasteiger partial charge in [-0.2, -0.15) is 0 Å². The normalized spacial score (nSPS) is 15.5. The van der Waals surface area contributed by atoms with Crippen LogP contribution in [0.2, 0.25) is 0 Å². The summed E-state index contributed by atoms with van der Waals surface area (Å²) >= 11 is 0. The Balaban J connectivity index is 1.92. The summed E-state index contributed by atoms with van der Waals surface area (Å²) in [5.74, 6) is 0.822. The molecule has 2 amide bonds. The number of hydrogen-bond acceptors (Lipinski definition) is 5. The number of hydrogen-bond donors (Lipinski definition) is 0. The summed E-state index contributed by atoms with van der Waals surface area (Å²) in [6, 6.07) is 14.1. The lowest BCUT2D eigenvalue weighted by Gasteiger charge is -2.30. The standard InChI is InChI=1S/C28H39N3O4/c1-21(2)29-13-8-14-31(28(33)20-34-4)25-10-7-6-9-24(25)19-30(16-15-29)27(32)18-23-11-12-26(35-5)22(3)17-23/h6-7,9-12,17,21H,8,13-16,18-20H2,1-5H3. The number of para-hydroxylation sites is 1. The van der Waals surface area contributed by atoms with Crippen molar-refractivity contribution < 1.29 is 19.1 Å². The van der Waals surface area contributed by atoms with E-state index >= 15 is 0 Å². The molecule has 1 aliphatic heterocycles. The molecule has 7 heteroatoms. The van der Waals surface area contributed by atoms with Crippen LogP contribution in [0.1, 0.15) is 37.0 Å². The van der Waals surface area contributed by atoms with E-state index in [1.165, 1.54) is 7.11 Å². The fourth-order valence-electron chi connectivity index (χ4n) is 4.63. The van der Waals surface area contributed by atoms with Crippen molar-refractivity contribution in [1.29, 1.82) is 0 Å². The van der Waals surface area contributed by atoms with Crippen LogP contribution >= 0.6 is 0 Å². The lowest BCUT2D eigenvalue weighted by atomic mass is 10.1. The molecule has 190 valence electrons. The maximum atomic E-state index is 13.6. The highest BCUT2D eigenvalue weighted by Crippen LogP contribution is 2.25. The summed E-state index contributed by atoms with van der Waals surface area (Å²) < 4.78 is 10.5. The monoisotopic (exact) mass is 481 g/mol. The minimum absolute atomic E-state index is 0.0295. The molecule has 3 rings (SSSR count). The molecule has 0 aromatic heterocycles. The van der Waals surface area contributed by atoms with Crippen LogP contribution < -0.4 is 9.64 Å². The van der Waals surface area contributed by atoms with Gasteiger partial charge < -0.3 is 19.3 Å². The Bertz CT molecular complexity index is 1010. The Morgan fingerprint density at radius 2 is 1.74 bits per heavy atom. The number of ether oxygens (including phenoxy) is 2. The van der Waals surface area contributed by atoms with Crippen LogP contribution in [0, 0.1) is 6.92 Å². The Labute approximate surface area is 209 Å². The molecule has 2 aromatic carbocycles. The largest absolute Gasteiger partial charge is 0.496 e. The molecule has 0 spiro atoms. The predicted octanol–water partition coefficient (Wildman–Crippen LogP) is 3.67. The van der Waals surface area contributed by atoms with Crippen molar-refractivity contribution in [2.45, 2.75) is 46.2 Å². The van der Waals surface area contributed by atoms with Gasteiger partial charge in [-0.25, -0.2) is 0 Å². The van der Waals surface area contributed by atoms with Gasteiger partial charge >= 0.3 is 0 Å². The molecule has 1 heterocycles. The molecule has 0 saturated heterocycles. The van der Waals surface area contributed by atoms with Crippen LogP contribution in [-0.2, 0) is 27.3 Å². The maximum absolute atomic E-state index is 13.6. The Morgan fingerprint density at radius 3 is 2.43 bits per heavy atom. The fraction of sp³-hybridized carbons (Fsp3) is 0.500. The van der Waals surface area contributed by atoms with Crippen molar-refractivity contribution >= 4 is 17.5 Å². The number of carbonyl (C=O) groups is 2. The van der Waals surface area contributed by atoms with Crippen LogP contribution in [0.3, 0.4) is 0 Å². The second kappa shape index (κ2) is 12.7. The number of carbonyl (C=O) groups excluding carboxylic acids is 2. The molecule has 0 aliphatic carbocycles. The van der Waals surface area contributed by atoms with E-state index in [2.05, 4.69) is 18.7 Å².